The van der Waals surface area contributed by atoms with Crippen molar-refractivity contribution >= 4 is 0 Å². The van der Waals surface area contributed by atoms with Crippen molar-refractivity contribution in [3.63, 3.8) is 0 Å². The molecule has 15 heavy (non-hydrogen) atoms. The number of hydrogen-bond donors (Lipinski definition) is 1. The lowest BCUT2D eigenvalue weighted by atomic mass is 10.2. The van der Waals surface area contributed by atoms with Crippen LogP contribution >= 0.6 is 0 Å². The first-order valence-corrected chi connectivity index (χ1v) is 5.51. The van der Waals surface area contributed by atoms with Crippen LogP contribution in [0.15, 0.2) is 12.4 Å². The van der Waals surface area contributed by atoms with E-state index in [1.165, 1.54) is 0 Å². The number of aromatic nitrogens is 2. The Labute approximate surface area is 91.7 Å². The number of aryl methyl sites for hydroxylation is 1. The van der Waals surface area contributed by atoms with Gasteiger partial charge < -0.3 is 10.3 Å². The summed E-state index contributed by atoms with van der Waals surface area (Å²) in [7, 11) is 0. The highest BCUT2D eigenvalue weighted by Crippen LogP contribution is 1.99. The predicted molar refractivity (Wildman–Crippen MR) is 62.3 cm³/mol. The molecule has 0 fully saturated rings. The number of nitrogens with zero attached hydrogens (tertiary/aromatic N) is 2. The minimum atomic E-state index is -0.000382. The predicted octanol–water partition coefficient (Wildman–Crippen LogP) is 1.58. The highest BCUT2D eigenvalue weighted by molar-refractivity contribution is 5.12. The van der Waals surface area contributed by atoms with Gasteiger partial charge in [0.05, 0.1) is 12.5 Å². The smallest absolute Gasteiger partial charge is 0.120 e. The van der Waals surface area contributed by atoms with E-state index in [0.717, 1.165) is 25.2 Å². The second-order valence-corrected chi connectivity index (χ2v) is 3.55. The number of rotatable bonds is 4. The molecule has 1 aromatic rings. The molecule has 0 aromatic carbocycles. The van der Waals surface area contributed by atoms with Crippen LogP contribution in [-0.4, -0.2) is 15.6 Å². The topological polar surface area (TPSA) is 43.8 Å². The van der Waals surface area contributed by atoms with Gasteiger partial charge >= 0.3 is 0 Å². The normalized spacial score (nSPS) is 11.9. The monoisotopic (exact) mass is 205 g/mol. The summed E-state index contributed by atoms with van der Waals surface area (Å²) in [6.45, 7) is 5.21. The molecule has 82 valence electrons. The second kappa shape index (κ2) is 6.26. The molecule has 1 heterocycles. The van der Waals surface area contributed by atoms with Gasteiger partial charge in [0.2, 0.25) is 0 Å². The van der Waals surface area contributed by atoms with E-state index in [-0.39, 0.29) is 6.04 Å². The van der Waals surface area contributed by atoms with Crippen molar-refractivity contribution in [2.75, 3.05) is 0 Å². The molecule has 0 aliphatic carbocycles. The third kappa shape index (κ3) is 3.77. The molecule has 3 nitrogen and oxygen atoms in total. The van der Waals surface area contributed by atoms with Crippen molar-refractivity contribution in [3.8, 4) is 11.8 Å². The van der Waals surface area contributed by atoms with Crippen LogP contribution in [0.4, 0.5) is 0 Å². The molecular weight excluding hydrogens is 186 g/mol. The third-order valence-electron chi connectivity index (χ3n) is 2.24. The number of imidazole rings is 1. The maximum absolute atomic E-state index is 5.71. The van der Waals surface area contributed by atoms with E-state index >= 15 is 0 Å². The first kappa shape index (κ1) is 11.8. The lowest BCUT2D eigenvalue weighted by molar-refractivity contribution is 0.650. The molecule has 1 aromatic heterocycles. The molecule has 1 unspecified atom stereocenters. The molecule has 0 aliphatic heterocycles. The Morgan fingerprint density at radius 1 is 1.53 bits per heavy atom. The van der Waals surface area contributed by atoms with Crippen molar-refractivity contribution in [2.45, 2.75) is 45.7 Å². The molecule has 0 amide bonds. The zero-order valence-corrected chi connectivity index (χ0v) is 9.53. The minimum Gasteiger partial charge on any atom is -0.334 e. The molecule has 3 heteroatoms. The fourth-order valence-corrected chi connectivity index (χ4v) is 1.31. The average molecular weight is 205 g/mol. The van der Waals surface area contributed by atoms with E-state index in [1.54, 1.807) is 0 Å². The van der Waals surface area contributed by atoms with Gasteiger partial charge in [-0.05, 0) is 12.8 Å². The molecule has 2 N–H and O–H groups in total. The van der Waals surface area contributed by atoms with Crippen LogP contribution in [0.3, 0.4) is 0 Å². The van der Waals surface area contributed by atoms with Gasteiger partial charge in [-0.3, -0.25) is 0 Å². The Morgan fingerprint density at radius 3 is 3.00 bits per heavy atom. The Bertz CT molecular complexity index is 343. The molecule has 0 radical (unpaired) electrons. The van der Waals surface area contributed by atoms with Crippen LogP contribution in [0.25, 0.3) is 0 Å². The van der Waals surface area contributed by atoms with Gasteiger partial charge in [0.25, 0.3) is 0 Å². The van der Waals surface area contributed by atoms with Gasteiger partial charge in [-0.1, -0.05) is 25.7 Å². The molecular formula is C12H19N3. The van der Waals surface area contributed by atoms with Gasteiger partial charge in [-0.15, -0.1) is 0 Å². The fourth-order valence-electron chi connectivity index (χ4n) is 1.31. The Balaban J connectivity index is 2.55. The van der Waals surface area contributed by atoms with Gasteiger partial charge in [0.1, 0.15) is 5.82 Å². The zero-order chi connectivity index (χ0) is 11.1. The molecule has 0 aliphatic rings. The van der Waals surface area contributed by atoms with Crippen LogP contribution in [-0.2, 0) is 13.0 Å². The van der Waals surface area contributed by atoms with Gasteiger partial charge in [-0.25, -0.2) is 4.98 Å². The highest BCUT2D eigenvalue weighted by Gasteiger charge is 1.99. The zero-order valence-electron chi connectivity index (χ0n) is 9.53. The van der Waals surface area contributed by atoms with Crippen molar-refractivity contribution in [1.82, 2.24) is 9.55 Å². The standard InChI is InChI=1S/C12H19N3/c1-3-9-15-10-8-14-12(15)7-5-6-11(13)4-2/h8,10-11H,3-4,7,9,13H2,1-2H3. The number of hydrogen-bond acceptors (Lipinski definition) is 2. The Kier molecular flexibility index (Phi) is 4.92. The summed E-state index contributed by atoms with van der Waals surface area (Å²) >= 11 is 0. The van der Waals surface area contributed by atoms with Crippen molar-refractivity contribution < 1.29 is 0 Å². The Morgan fingerprint density at radius 2 is 2.33 bits per heavy atom. The summed E-state index contributed by atoms with van der Waals surface area (Å²) in [5.41, 5.74) is 5.71. The van der Waals surface area contributed by atoms with Gasteiger partial charge in [-0.2, -0.15) is 0 Å². The van der Waals surface area contributed by atoms with E-state index in [1.807, 2.05) is 19.3 Å². The SMILES string of the molecule is CCCn1ccnc1CC#CC(N)CC. The van der Waals surface area contributed by atoms with E-state index in [4.69, 9.17) is 5.73 Å². The van der Waals surface area contributed by atoms with Crippen molar-refractivity contribution in [2.24, 2.45) is 5.73 Å². The first-order chi connectivity index (χ1) is 7.27. The summed E-state index contributed by atoms with van der Waals surface area (Å²) in [6, 6.07) is -0.000382. The number of nitrogens with two attached hydrogens (primary N) is 1. The van der Waals surface area contributed by atoms with Gasteiger partial charge in [0.15, 0.2) is 0 Å². The van der Waals surface area contributed by atoms with E-state index in [9.17, 15) is 0 Å². The molecule has 0 saturated heterocycles. The minimum absolute atomic E-state index is 0.000382. The van der Waals surface area contributed by atoms with Crippen LogP contribution in [0, 0.1) is 11.8 Å². The highest BCUT2D eigenvalue weighted by atomic mass is 15.1. The lowest BCUT2D eigenvalue weighted by Crippen LogP contribution is -2.15. The van der Waals surface area contributed by atoms with Gasteiger partial charge in [0, 0.05) is 18.9 Å². The molecule has 1 atom stereocenters. The third-order valence-corrected chi connectivity index (χ3v) is 2.24. The first-order valence-electron chi connectivity index (χ1n) is 5.51. The maximum Gasteiger partial charge on any atom is 0.120 e. The summed E-state index contributed by atoms with van der Waals surface area (Å²) < 4.78 is 2.14. The van der Waals surface area contributed by atoms with Crippen LogP contribution < -0.4 is 5.73 Å². The van der Waals surface area contributed by atoms with E-state index < -0.39 is 0 Å². The molecule has 0 bridgehead atoms. The van der Waals surface area contributed by atoms with Crippen molar-refractivity contribution in [3.05, 3.63) is 18.2 Å². The summed E-state index contributed by atoms with van der Waals surface area (Å²) in [5.74, 6) is 7.13. The quantitative estimate of drug-likeness (QED) is 0.758. The summed E-state index contributed by atoms with van der Waals surface area (Å²) in [6.07, 6.45) is 6.54. The van der Waals surface area contributed by atoms with E-state index in [0.29, 0.717) is 6.42 Å². The van der Waals surface area contributed by atoms with Crippen LogP contribution in [0.1, 0.15) is 32.5 Å². The maximum atomic E-state index is 5.71. The second-order valence-electron chi connectivity index (χ2n) is 3.55. The molecule has 0 saturated carbocycles. The lowest BCUT2D eigenvalue weighted by Gasteiger charge is -2.02. The van der Waals surface area contributed by atoms with Crippen molar-refractivity contribution in [1.29, 1.82) is 0 Å². The Hall–Kier alpha value is -1.27. The van der Waals surface area contributed by atoms with E-state index in [2.05, 4.69) is 28.3 Å². The average Bonchev–Trinajstić information content (AvgIpc) is 2.66. The summed E-state index contributed by atoms with van der Waals surface area (Å²) in [4.78, 5) is 4.28. The summed E-state index contributed by atoms with van der Waals surface area (Å²) in [5, 5.41) is 0. The fraction of sp³-hybridized carbons (Fsp3) is 0.583. The van der Waals surface area contributed by atoms with Crippen LogP contribution in [0.5, 0.6) is 0 Å². The van der Waals surface area contributed by atoms with Crippen LogP contribution in [0.2, 0.25) is 0 Å². The molecule has 1 rings (SSSR count). The largest absolute Gasteiger partial charge is 0.334 e. The molecule has 0 spiro atoms.